The lowest BCUT2D eigenvalue weighted by molar-refractivity contribution is -0.142. The maximum atomic E-state index is 11.6. The van der Waals surface area contributed by atoms with E-state index in [1.54, 1.807) is 6.92 Å². The molecule has 0 saturated heterocycles. The van der Waals surface area contributed by atoms with Crippen molar-refractivity contribution >= 4 is 16.0 Å². The lowest BCUT2D eigenvalue weighted by atomic mass is 9.97. The number of nitrogens with one attached hydrogen (secondary N) is 1. The van der Waals surface area contributed by atoms with Gasteiger partial charge in [0.1, 0.15) is 0 Å². The highest BCUT2D eigenvalue weighted by molar-refractivity contribution is 7.89. The molecule has 6 nitrogen and oxygen atoms in total. The fraction of sp³-hybridized carbons (Fsp3) is 0.917. The first kappa shape index (κ1) is 18.3. The van der Waals surface area contributed by atoms with Crippen LogP contribution in [0.4, 0.5) is 0 Å². The SMILES string of the molecule is CCOC(=O)CCS(=O)(=O)NCC(O)C(CC)CC. The minimum atomic E-state index is -3.55. The molecule has 0 aliphatic rings. The van der Waals surface area contributed by atoms with Crippen LogP contribution in [-0.4, -0.2) is 44.5 Å². The number of carbonyl (C=O) groups is 1. The largest absolute Gasteiger partial charge is 0.466 e. The average Bonchev–Trinajstić information content (AvgIpc) is 2.36. The molecular weight excluding hydrogens is 270 g/mol. The Kier molecular flexibility index (Phi) is 8.95. The summed E-state index contributed by atoms with van der Waals surface area (Å²) in [6, 6.07) is 0. The smallest absolute Gasteiger partial charge is 0.306 e. The molecule has 0 aromatic heterocycles. The molecule has 0 aromatic carbocycles. The molecule has 0 radical (unpaired) electrons. The minimum Gasteiger partial charge on any atom is -0.466 e. The van der Waals surface area contributed by atoms with E-state index >= 15 is 0 Å². The van der Waals surface area contributed by atoms with E-state index in [0.717, 1.165) is 12.8 Å². The summed E-state index contributed by atoms with van der Waals surface area (Å²) >= 11 is 0. The summed E-state index contributed by atoms with van der Waals surface area (Å²) in [6.07, 6.45) is 0.710. The molecule has 114 valence electrons. The topological polar surface area (TPSA) is 92.7 Å². The van der Waals surface area contributed by atoms with Gasteiger partial charge in [-0.1, -0.05) is 26.7 Å². The monoisotopic (exact) mass is 295 g/mol. The quantitative estimate of drug-likeness (QED) is 0.577. The van der Waals surface area contributed by atoms with Crippen molar-refractivity contribution in [2.45, 2.75) is 46.1 Å². The van der Waals surface area contributed by atoms with Crippen LogP contribution < -0.4 is 4.72 Å². The minimum absolute atomic E-state index is 0.0164. The average molecular weight is 295 g/mol. The molecule has 1 unspecified atom stereocenters. The number of aliphatic hydroxyl groups is 1. The van der Waals surface area contributed by atoms with Crippen LogP contribution in [0.1, 0.15) is 40.0 Å². The van der Waals surface area contributed by atoms with Gasteiger partial charge in [-0.05, 0) is 12.8 Å². The van der Waals surface area contributed by atoms with Crippen molar-refractivity contribution in [3.8, 4) is 0 Å². The lowest BCUT2D eigenvalue weighted by Crippen LogP contribution is -2.37. The Hall–Kier alpha value is -0.660. The fourth-order valence-corrected chi connectivity index (χ4v) is 2.74. The van der Waals surface area contributed by atoms with Crippen molar-refractivity contribution in [1.82, 2.24) is 4.72 Å². The second kappa shape index (κ2) is 9.28. The third kappa shape index (κ3) is 8.18. The predicted molar refractivity (Wildman–Crippen MR) is 73.1 cm³/mol. The van der Waals surface area contributed by atoms with E-state index in [2.05, 4.69) is 9.46 Å². The summed E-state index contributed by atoms with van der Waals surface area (Å²) < 4.78 is 30.2. The second-order valence-electron chi connectivity index (χ2n) is 4.37. The van der Waals surface area contributed by atoms with Gasteiger partial charge in [0.05, 0.1) is 24.9 Å². The molecule has 0 spiro atoms. The third-order valence-corrected chi connectivity index (χ3v) is 4.33. The number of hydrogen-bond acceptors (Lipinski definition) is 5. The zero-order valence-electron chi connectivity index (χ0n) is 11.9. The van der Waals surface area contributed by atoms with Crippen molar-refractivity contribution < 1.29 is 23.1 Å². The van der Waals surface area contributed by atoms with Crippen molar-refractivity contribution in [2.75, 3.05) is 18.9 Å². The molecule has 0 bridgehead atoms. The first-order valence-electron chi connectivity index (χ1n) is 6.67. The summed E-state index contributed by atoms with van der Waals surface area (Å²) in [5.74, 6) is -0.775. The summed E-state index contributed by atoms with van der Waals surface area (Å²) in [7, 11) is -3.55. The van der Waals surface area contributed by atoms with Gasteiger partial charge in [0, 0.05) is 6.54 Å². The fourth-order valence-electron chi connectivity index (χ4n) is 1.73. The molecule has 19 heavy (non-hydrogen) atoms. The van der Waals surface area contributed by atoms with Gasteiger partial charge in [-0.25, -0.2) is 13.1 Å². The maximum Gasteiger partial charge on any atom is 0.306 e. The predicted octanol–water partition coefficient (Wildman–Crippen LogP) is 0.656. The Labute approximate surface area is 115 Å². The van der Waals surface area contributed by atoms with E-state index in [0.29, 0.717) is 0 Å². The number of aliphatic hydroxyl groups excluding tert-OH is 1. The van der Waals surface area contributed by atoms with E-state index in [1.807, 2.05) is 13.8 Å². The molecule has 0 fully saturated rings. The number of rotatable bonds is 10. The molecule has 1 atom stereocenters. The summed E-state index contributed by atoms with van der Waals surface area (Å²) in [6.45, 7) is 5.78. The number of carbonyl (C=O) groups excluding carboxylic acids is 1. The van der Waals surface area contributed by atoms with Crippen LogP contribution in [0.3, 0.4) is 0 Å². The first-order chi connectivity index (χ1) is 8.86. The van der Waals surface area contributed by atoms with Gasteiger partial charge in [-0.15, -0.1) is 0 Å². The van der Waals surface area contributed by atoms with E-state index in [4.69, 9.17) is 0 Å². The normalized spacial score (nSPS) is 13.5. The number of sulfonamides is 1. The number of ether oxygens (including phenoxy) is 1. The van der Waals surface area contributed by atoms with Crippen molar-refractivity contribution in [3.05, 3.63) is 0 Å². The number of hydrogen-bond donors (Lipinski definition) is 2. The molecule has 0 amide bonds. The van der Waals surface area contributed by atoms with Crippen molar-refractivity contribution in [1.29, 1.82) is 0 Å². The van der Waals surface area contributed by atoms with Crippen LogP contribution in [0.15, 0.2) is 0 Å². The zero-order chi connectivity index (χ0) is 14.9. The Bertz CT molecular complexity index is 351. The Morgan fingerprint density at radius 1 is 1.26 bits per heavy atom. The standard InChI is InChI=1S/C12H25NO5S/c1-4-10(5-2)11(14)9-13-19(16,17)8-7-12(15)18-6-3/h10-11,13-14H,4-9H2,1-3H3. The molecule has 7 heteroatoms. The third-order valence-electron chi connectivity index (χ3n) is 2.99. The van der Waals surface area contributed by atoms with Gasteiger partial charge in [0.25, 0.3) is 0 Å². The Morgan fingerprint density at radius 2 is 1.84 bits per heavy atom. The summed E-state index contributed by atoms with van der Waals surface area (Å²) in [5, 5.41) is 9.82. The summed E-state index contributed by atoms with van der Waals surface area (Å²) in [4.78, 5) is 11.1. The van der Waals surface area contributed by atoms with Crippen LogP contribution >= 0.6 is 0 Å². The van der Waals surface area contributed by atoms with Gasteiger partial charge in [-0.3, -0.25) is 4.79 Å². The van der Waals surface area contributed by atoms with E-state index in [1.165, 1.54) is 0 Å². The van der Waals surface area contributed by atoms with Crippen molar-refractivity contribution in [3.63, 3.8) is 0 Å². The molecular formula is C12H25NO5S. The molecule has 2 N–H and O–H groups in total. The lowest BCUT2D eigenvalue weighted by Gasteiger charge is -2.20. The highest BCUT2D eigenvalue weighted by Crippen LogP contribution is 2.12. The van der Waals surface area contributed by atoms with Crippen molar-refractivity contribution in [2.24, 2.45) is 5.92 Å². The van der Waals surface area contributed by atoms with Gasteiger partial charge < -0.3 is 9.84 Å². The van der Waals surface area contributed by atoms with Crippen LogP contribution in [0.5, 0.6) is 0 Å². The van der Waals surface area contributed by atoms with E-state index < -0.39 is 22.1 Å². The van der Waals surface area contributed by atoms with Crippen LogP contribution in [0.2, 0.25) is 0 Å². The van der Waals surface area contributed by atoms with Gasteiger partial charge in [0.15, 0.2) is 0 Å². The molecule has 0 rings (SSSR count). The summed E-state index contributed by atoms with van der Waals surface area (Å²) in [5.41, 5.74) is 0. The van der Waals surface area contributed by atoms with Crippen LogP contribution in [-0.2, 0) is 19.6 Å². The van der Waals surface area contributed by atoms with Crippen LogP contribution in [0.25, 0.3) is 0 Å². The van der Waals surface area contributed by atoms with Gasteiger partial charge >= 0.3 is 5.97 Å². The maximum absolute atomic E-state index is 11.6. The molecule has 0 saturated carbocycles. The zero-order valence-corrected chi connectivity index (χ0v) is 12.7. The van der Waals surface area contributed by atoms with Gasteiger partial charge in [-0.2, -0.15) is 0 Å². The molecule has 0 aliphatic carbocycles. The van der Waals surface area contributed by atoms with E-state index in [9.17, 15) is 18.3 Å². The molecule has 0 aliphatic heterocycles. The first-order valence-corrected chi connectivity index (χ1v) is 8.32. The highest BCUT2D eigenvalue weighted by Gasteiger charge is 2.19. The Balaban J connectivity index is 4.13. The second-order valence-corrected chi connectivity index (χ2v) is 6.29. The Morgan fingerprint density at radius 3 is 2.32 bits per heavy atom. The van der Waals surface area contributed by atoms with Gasteiger partial charge in [0.2, 0.25) is 10.0 Å². The van der Waals surface area contributed by atoms with Crippen LogP contribution in [0, 0.1) is 5.92 Å². The molecule has 0 heterocycles. The van der Waals surface area contributed by atoms with E-state index in [-0.39, 0.29) is 31.2 Å². The highest BCUT2D eigenvalue weighted by atomic mass is 32.2. The molecule has 0 aromatic rings. The number of esters is 1.